The van der Waals surface area contributed by atoms with Crippen molar-refractivity contribution >= 4 is 27.3 Å². The van der Waals surface area contributed by atoms with Crippen LogP contribution in [0.2, 0.25) is 0 Å². The molecule has 34 heavy (non-hydrogen) atoms. The van der Waals surface area contributed by atoms with Crippen LogP contribution in [-0.2, 0) is 16.4 Å². The largest absolute Gasteiger partial charge is 0.495 e. The van der Waals surface area contributed by atoms with Crippen molar-refractivity contribution in [3.8, 4) is 5.75 Å². The van der Waals surface area contributed by atoms with Gasteiger partial charge in [0.25, 0.3) is 21.6 Å². The van der Waals surface area contributed by atoms with Gasteiger partial charge in [0.15, 0.2) is 0 Å². The number of nitrogens with zero attached hydrogens (tertiary/aromatic N) is 1. The number of nitro benzene ring substituents is 1. The Morgan fingerprint density at radius 3 is 2.65 bits per heavy atom. The van der Waals surface area contributed by atoms with E-state index in [4.69, 9.17) is 4.74 Å². The smallest absolute Gasteiger partial charge is 0.271 e. The average molecular weight is 482 g/mol. The first-order valence-electron chi connectivity index (χ1n) is 10.6. The molecule has 0 radical (unpaired) electrons. The lowest BCUT2D eigenvalue weighted by Gasteiger charge is -2.26. The molecule has 0 saturated carbocycles. The van der Waals surface area contributed by atoms with Crippen molar-refractivity contribution in [2.45, 2.75) is 30.2 Å². The topological polar surface area (TPSA) is 128 Å². The third-order valence-corrected chi connectivity index (χ3v) is 7.08. The highest BCUT2D eigenvalue weighted by Crippen LogP contribution is 2.32. The lowest BCUT2D eigenvalue weighted by atomic mass is 9.87. The number of nitrogens with one attached hydrogen (secondary N) is 2. The number of methoxy groups -OCH3 is 1. The number of fused-ring (bicyclic) bond motifs is 1. The molecule has 0 aliphatic heterocycles. The molecule has 0 saturated heterocycles. The molecule has 0 fully saturated rings. The Labute approximate surface area is 197 Å². The van der Waals surface area contributed by atoms with Crippen LogP contribution in [0.1, 0.15) is 40.4 Å². The summed E-state index contributed by atoms with van der Waals surface area (Å²) < 4.78 is 33.5. The standard InChI is InChI=1S/C24H23N3O6S/c1-33-23-13-12-18(27(29)30)15-22(23)26-34(31,32)19-9-4-8-17(14-19)24(28)25-21-11-5-7-16-6-2-3-10-20(16)21/h2-4,6,8-10,12-15,21,26H,5,7,11H2,1H3,(H,25,28)/t21-/m0/s1. The van der Waals surface area contributed by atoms with E-state index in [-0.39, 0.29) is 39.5 Å². The quantitative estimate of drug-likeness (QED) is 0.384. The van der Waals surface area contributed by atoms with Crippen molar-refractivity contribution in [2.24, 2.45) is 0 Å². The normalized spacial score (nSPS) is 15.1. The predicted molar refractivity (Wildman–Crippen MR) is 126 cm³/mol. The predicted octanol–water partition coefficient (Wildman–Crippen LogP) is 4.21. The van der Waals surface area contributed by atoms with E-state index in [0.29, 0.717) is 0 Å². The van der Waals surface area contributed by atoms with Gasteiger partial charge in [-0.2, -0.15) is 0 Å². The molecule has 2 N–H and O–H groups in total. The number of ether oxygens (including phenoxy) is 1. The van der Waals surface area contributed by atoms with E-state index >= 15 is 0 Å². The number of amides is 1. The van der Waals surface area contributed by atoms with Gasteiger partial charge in [0, 0.05) is 17.7 Å². The summed E-state index contributed by atoms with van der Waals surface area (Å²) in [6, 6.07) is 17.0. The van der Waals surface area contributed by atoms with Crippen molar-refractivity contribution in [3.05, 3.63) is 93.5 Å². The van der Waals surface area contributed by atoms with E-state index < -0.39 is 14.9 Å². The van der Waals surface area contributed by atoms with Crippen molar-refractivity contribution < 1.29 is 22.9 Å². The number of aryl methyl sites for hydroxylation is 1. The lowest BCUT2D eigenvalue weighted by Crippen LogP contribution is -2.31. The fourth-order valence-corrected chi connectivity index (χ4v) is 5.15. The van der Waals surface area contributed by atoms with E-state index in [2.05, 4.69) is 16.1 Å². The van der Waals surface area contributed by atoms with Gasteiger partial charge in [0.1, 0.15) is 5.75 Å². The van der Waals surface area contributed by atoms with E-state index in [1.54, 1.807) is 0 Å². The highest BCUT2D eigenvalue weighted by molar-refractivity contribution is 7.92. The Hall–Kier alpha value is -3.92. The maximum atomic E-state index is 13.0. The van der Waals surface area contributed by atoms with Gasteiger partial charge in [-0.3, -0.25) is 19.6 Å². The van der Waals surface area contributed by atoms with Gasteiger partial charge in [-0.1, -0.05) is 30.3 Å². The summed E-state index contributed by atoms with van der Waals surface area (Å²) >= 11 is 0. The first-order valence-corrected chi connectivity index (χ1v) is 12.1. The maximum absolute atomic E-state index is 13.0. The molecular weight excluding hydrogens is 458 g/mol. The maximum Gasteiger partial charge on any atom is 0.271 e. The molecule has 0 bridgehead atoms. The van der Waals surface area contributed by atoms with Crippen molar-refractivity contribution in [1.82, 2.24) is 5.32 Å². The number of non-ortho nitro benzene ring substituents is 1. The molecule has 1 aliphatic carbocycles. The summed E-state index contributed by atoms with van der Waals surface area (Å²) in [5, 5.41) is 14.1. The molecule has 3 aromatic rings. The number of anilines is 1. The lowest BCUT2D eigenvalue weighted by molar-refractivity contribution is -0.384. The molecule has 1 aliphatic rings. The highest BCUT2D eigenvalue weighted by atomic mass is 32.2. The van der Waals surface area contributed by atoms with Crippen LogP contribution < -0.4 is 14.8 Å². The molecule has 1 atom stereocenters. The zero-order valence-electron chi connectivity index (χ0n) is 18.4. The molecule has 10 heteroatoms. The first kappa shape index (κ1) is 23.2. The van der Waals surface area contributed by atoms with Gasteiger partial charge >= 0.3 is 0 Å². The summed E-state index contributed by atoms with van der Waals surface area (Å²) in [7, 11) is -2.83. The number of benzene rings is 3. The van der Waals surface area contributed by atoms with Gasteiger partial charge < -0.3 is 10.1 Å². The van der Waals surface area contributed by atoms with E-state index in [0.717, 1.165) is 30.9 Å². The van der Waals surface area contributed by atoms with Crippen LogP contribution in [0.25, 0.3) is 0 Å². The molecule has 3 aromatic carbocycles. The summed E-state index contributed by atoms with van der Waals surface area (Å²) in [5.41, 5.74) is 2.09. The number of carbonyl (C=O) groups excluding carboxylic acids is 1. The van der Waals surface area contributed by atoms with Crippen LogP contribution >= 0.6 is 0 Å². The molecule has 4 rings (SSSR count). The Kier molecular flexibility index (Phi) is 6.51. The summed E-state index contributed by atoms with van der Waals surface area (Å²) in [6.45, 7) is 0. The van der Waals surface area contributed by atoms with Gasteiger partial charge in [-0.25, -0.2) is 8.42 Å². The second-order valence-electron chi connectivity index (χ2n) is 7.89. The van der Waals surface area contributed by atoms with Crippen LogP contribution in [0.5, 0.6) is 5.75 Å². The Morgan fingerprint density at radius 2 is 1.88 bits per heavy atom. The summed E-state index contributed by atoms with van der Waals surface area (Å²) in [4.78, 5) is 23.3. The van der Waals surface area contributed by atoms with Crippen LogP contribution in [0.15, 0.2) is 71.6 Å². The fraction of sp³-hybridized carbons (Fsp3) is 0.208. The number of rotatable bonds is 7. The van der Waals surface area contributed by atoms with Crippen LogP contribution in [0, 0.1) is 10.1 Å². The SMILES string of the molecule is COc1ccc([N+](=O)[O-])cc1NS(=O)(=O)c1cccc(C(=O)N[C@H]2CCCc3ccccc32)c1. The number of nitro groups is 1. The summed E-state index contributed by atoms with van der Waals surface area (Å²) in [5.74, 6) is -0.259. The molecule has 9 nitrogen and oxygen atoms in total. The van der Waals surface area contributed by atoms with Crippen LogP contribution in [-0.4, -0.2) is 26.4 Å². The van der Waals surface area contributed by atoms with Crippen molar-refractivity contribution in [1.29, 1.82) is 0 Å². The Balaban J connectivity index is 1.57. The molecule has 0 heterocycles. The Morgan fingerprint density at radius 1 is 1.09 bits per heavy atom. The van der Waals surface area contributed by atoms with Crippen molar-refractivity contribution in [2.75, 3.05) is 11.8 Å². The minimum atomic E-state index is -4.16. The average Bonchev–Trinajstić information content (AvgIpc) is 2.84. The molecule has 176 valence electrons. The third-order valence-electron chi connectivity index (χ3n) is 5.72. The number of sulfonamides is 1. The molecular formula is C24H23N3O6S. The zero-order valence-corrected chi connectivity index (χ0v) is 19.2. The van der Waals surface area contributed by atoms with Gasteiger partial charge in [-0.15, -0.1) is 0 Å². The highest BCUT2D eigenvalue weighted by Gasteiger charge is 2.24. The van der Waals surface area contributed by atoms with Crippen LogP contribution in [0.4, 0.5) is 11.4 Å². The van der Waals surface area contributed by atoms with E-state index in [1.807, 2.05) is 18.2 Å². The van der Waals surface area contributed by atoms with Crippen LogP contribution in [0.3, 0.4) is 0 Å². The fourth-order valence-electron chi connectivity index (χ4n) is 4.04. The van der Waals surface area contributed by atoms with Gasteiger partial charge in [0.2, 0.25) is 0 Å². The van der Waals surface area contributed by atoms with E-state index in [9.17, 15) is 23.3 Å². The monoisotopic (exact) mass is 481 g/mol. The molecule has 0 spiro atoms. The number of hydrogen-bond acceptors (Lipinski definition) is 6. The second-order valence-corrected chi connectivity index (χ2v) is 9.57. The van der Waals surface area contributed by atoms with Gasteiger partial charge in [-0.05, 0) is 54.7 Å². The number of carbonyl (C=O) groups is 1. The van der Waals surface area contributed by atoms with E-state index in [1.165, 1.54) is 49.1 Å². The van der Waals surface area contributed by atoms with Crippen molar-refractivity contribution in [3.63, 3.8) is 0 Å². The molecule has 1 amide bonds. The second kappa shape index (κ2) is 9.52. The first-order chi connectivity index (χ1) is 16.3. The number of hydrogen-bond donors (Lipinski definition) is 2. The minimum Gasteiger partial charge on any atom is -0.495 e. The minimum absolute atomic E-state index is 0.0784. The molecule has 0 aromatic heterocycles. The summed E-state index contributed by atoms with van der Waals surface area (Å²) in [6.07, 6.45) is 2.71. The third kappa shape index (κ3) is 4.86. The van der Waals surface area contributed by atoms with Gasteiger partial charge in [0.05, 0.1) is 28.7 Å². The molecule has 0 unspecified atom stereocenters. The zero-order chi connectivity index (χ0) is 24.3. The Bertz CT molecular complexity index is 1360.